The standard InChI is InChI=1S/C19H32N4O2S2.HI/c1-3-20-19(22-17(2)9-10-18-7-5-4-6-8-18)21-11-16-27(24,25)23-12-14-26-15-13-23;/h4-8,17H,3,9-16H2,1-2H3,(H2,20,21,22);1H. The predicted octanol–water partition coefficient (Wildman–Crippen LogP) is 2.56. The molecule has 1 saturated heterocycles. The first-order valence-corrected chi connectivity index (χ1v) is 12.4. The molecule has 1 aliphatic rings. The molecule has 0 amide bonds. The Labute approximate surface area is 191 Å². The van der Waals surface area contributed by atoms with Crippen LogP contribution in [0.2, 0.25) is 0 Å². The lowest BCUT2D eigenvalue weighted by Gasteiger charge is -2.25. The van der Waals surface area contributed by atoms with Gasteiger partial charge in [0.2, 0.25) is 10.0 Å². The number of nitrogens with zero attached hydrogens (tertiary/aromatic N) is 2. The molecule has 2 rings (SSSR count). The summed E-state index contributed by atoms with van der Waals surface area (Å²) in [5.41, 5.74) is 1.32. The molecule has 9 heteroatoms. The molecule has 2 N–H and O–H groups in total. The summed E-state index contributed by atoms with van der Waals surface area (Å²) in [5.74, 6) is 2.51. The van der Waals surface area contributed by atoms with Crippen LogP contribution in [-0.2, 0) is 16.4 Å². The number of hydrogen-bond acceptors (Lipinski definition) is 4. The maximum Gasteiger partial charge on any atom is 0.215 e. The zero-order chi connectivity index (χ0) is 19.5. The number of aryl methyl sites for hydroxylation is 1. The maximum absolute atomic E-state index is 12.4. The van der Waals surface area contributed by atoms with Gasteiger partial charge in [-0.05, 0) is 32.3 Å². The van der Waals surface area contributed by atoms with Gasteiger partial charge in [0.05, 0.1) is 12.3 Å². The van der Waals surface area contributed by atoms with Crippen molar-refractivity contribution in [3.63, 3.8) is 0 Å². The van der Waals surface area contributed by atoms with Crippen LogP contribution >= 0.6 is 35.7 Å². The summed E-state index contributed by atoms with van der Waals surface area (Å²) in [6.45, 7) is 6.38. The molecule has 1 aromatic carbocycles. The monoisotopic (exact) mass is 540 g/mol. The summed E-state index contributed by atoms with van der Waals surface area (Å²) in [5, 5.41) is 6.59. The molecule has 1 aliphatic heterocycles. The van der Waals surface area contributed by atoms with E-state index in [0.717, 1.165) is 30.9 Å². The van der Waals surface area contributed by atoms with Gasteiger partial charge in [0, 0.05) is 37.2 Å². The van der Waals surface area contributed by atoms with Gasteiger partial charge in [-0.1, -0.05) is 30.3 Å². The third-order valence-electron chi connectivity index (χ3n) is 4.42. The van der Waals surface area contributed by atoms with Crippen molar-refractivity contribution in [2.45, 2.75) is 32.7 Å². The second-order valence-electron chi connectivity index (χ2n) is 6.66. The predicted molar refractivity (Wildman–Crippen MR) is 131 cm³/mol. The molecule has 1 unspecified atom stereocenters. The van der Waals surface area contributed by atoms with Crippen LogP contribution in [-0.4, -0.2) is 68.2 Å². The van der Waals surface area contributed by atoms with Gasteiger partial charge < -0.3 is 10.6 Å². The first-order chi connectivity index (χ1) is 13.0. The molecule has 1 atom stereocenters. The SMILES string of the molecule is CCNC(=NCCS(=O)(=O)N1CCSCC1)NC(C)CCc1ccccc1.I. The molecule has 1 fully saturated rings. The van der Waals surface area contributed by atoms with Crippen molar-refractivity contribution in [3.8, 4) is 0 Å². The molecule has 0 aromatic heterocycles. The van der Waals surface area contributed by atoms with Crippen molar-refractivity contribution in [1.82, 2.24) is 14.9 Å². The molecule has 6 nitrogen and oxygen atoms in total. The highest BCUT2D eigenvalue weighted by atomic mass is 127. The average molecular weight is 541 g/mol. The molecule has 0 saturated carbocycles. The minimum absolute atomic E-state index is 0. The first-order valence-electron chi connectivity index (χ1n) is 9.65. The fourth-order valence-corrected chi connectivity index (χ4v) is 5.33. The molecule has 160 valence electrons. The van der Waals surface area contributed by atoms with Crippen LogP contribution in [0.1, 0.15) is 25.8 Å². The van der Waals surface area contributed by atoms with Crippen molar-refractivity contribution in [1.29, 1.82) is 0 Å². The Morgan fingerprint density at radius 3 is 2.57 bits per heavy atom. The lowest BCUT2D eigenvalue weighted by Crippen LogP contribution is -2.43. The Morgan fingerprint density at radius 1 is 1.25 bits per heavy atom. The molecule has 0 aliphatic carbocycles. The number of benzene rings is 1. The highest BCUT2D eigenvalue weighted by Gasteiger charge is 2.23. The largest absolute Gasteiger partial charge is 0.357 e. The number of rotatable bonds is 9. The lowest BCUT2D eigenvalue weighted by atomic mass is 10.1. The van der Waals surface area contributed by atoms with Gasteiger partial charge >= 0.3 is 0 Å². The Kier molecular flexibility index (Phi) is 12.4. The van der Waals surface area contributed by atoms with Crippen LogP contribution in [0.15, 0.2) is 35.3 Å². The van der Waals surface area contributed by atoms with Crippen LogP contribution < -0.4 is 10.6 Å². The quantitative estimate of drug-likeness (QED) is 0.286. The second kappa shape index (κ2) is 13.7. The van der Waals surface area contributed by atoms with Gasteiger partial charge in [0.15, 0.2) is 5.96 Å². The van der Waals surface area contributed by atoms with Gasteiger partial charge in [0.25, 0.3) is 0 Å². The highest BCUT2D eigenvalue weighted by molar-refractivity contribution is 14.0. The van der Waals surface area contributed by atoms with Crippen LogP contribution in [0, 0.1) is 0 Å². The summed E-state index contributed by atoms with van der Waals surface area (Å²) in [6.07, 6.45) is 1.98. The summed E-state index contributed by atoms with van der Waals surface area (Å²) in [7, 11) is -3.21. The number of halogens is 1. The third kappa shape index (κ3) is 9.32. The normalized spacial score (nSPS) is 16.9. The van der Waals surface area contributed by atoms with E-state index in [0.29, 0.717) is 19.0 Å². The fourth-order valence-electron chi connectivity index (χ4n) is 2.88. The Bertz CT molecular complexity index is 680. The third-order valence-corrected chi connectivity index (χ3v) is 7.21. The van der Waals surface area contributed by atoms with E-state index in [2.05, 4.69) is 46.8 Å². The highest BCUT2D eigenvalue weighted by Crippen LogP contribution is 2.13. The summed E-state index contributed by atoms with van der Waals surface area (Å²) >= 11 is 1.81. The van der Waals surface area contributed by atoms with Gasteiger partial charge in [-0.25, -0.2) is 12.7 Å². The molecule has 0 bridgehead atoms. The van der Waals surface area contributed by atoms with Crippen molar-refractivity contribution in [3.05, 3.63) is 35.9 Å². The molecule has 28 heavy (non-hydrogen) atoms. The maximum atomic E-state index is 12.4. The minimum atomic E-state index is -3.21. The molecule has 0 radical (unpaired) electrons. The van der Waals surface area contributed by atoms with E-state index >= 15 is 0 Å². The van der Waals surface area contributed by atoms with E-state index in [4.69, 9.17) is 0 Å². The Balaban J connectivity index is 0.00000392. The van der Waals surface area contributed by atoms with E-state index in [1.807, 2.05) is 13.0 Å². The lowest BCUT2D eigenvalue weighted by molar-refractivity contribution is 0.444. The first kappa shape index (κ1) is 25.5. The molecular weight excluding hydrogens is 507 g/mol. The smallest absolute Gasteiger partial charge is 0.215 e. The minimum Gasteiger partial charge on any atom is -0.357 e. The molecule has 1 aromatic rings. The van der Waals surface area contributed by atoms with E-state index in [1.54, 1.807) is 16.1 Å². The summed E-state index contributed by atoms with van der Waals surface area (Å²) < 4.78 is 26.4. The van der Waals surface area contributed by atoms with E-state index in [9.17, 15) is 8.42 Å². The number of thioether (sulfide) groups is 1. The van der Waals surface area contributed by atoms with E-state index in [-0.39, 0.29) is 42.3 Å². The van der Waals surface area contributed by atoms with Crippen molar-refractivity contribution < 1.29 is 8.42 Å². The summed E-state index contributed by atoms with van der Waals surface area (Å²) in [6, 6.07) is 10.7. The van der Waals surface area contributed by atoms with Crippen molar-refractivity contribution >= 4 is 51.7 Å². The number of nitrogens with one attached hydrogen (secondary N) is 2. The average Bonchev–Trinajstić information content (AvgIpc) is 2.68. The van der Waals surface area contributed by atoms with Gasteiger partial charge in [-0.2, -0.15) is 11.8 Å². The van der Waals surface area contributed by atoms with Crippen LogP contribution in [0.4, 0.5) is 0 Å². The fraction of sp³-hybridized carbons (Fsp3) is 0.632. The van der Waals surface area contributed by atoms with Crippen LogP contribution in [0.5, 0.6) is 0 Å². The molecule has 1 heterocycles. The topological polar surface area (TPSA) is 73.8 Å². The number of aliphatic imine (C=N–C) groups is 1. The number of sulfonamides is 1. The zero-order valence-electron chi connectivity index (χ0n) is 16.8. The Morgan fingerprint density at radius 2 is 1.93 bits per heavy atom. The van der Waals surface area contributed by atoms with Crippen LogP contribution in [0.3, 0.4) is 0 Å². The van der Waals surface area contributed by atoms with Crippen molar-refractivity contribution in [2.24, 2.45) is 4.99 Å². The van der Waals surface area contributed by atoms with Gasteiger partial charge in [-0.15, -0.1) is 24.0 Å². The van der Waals surface area contributed by atoms with Crippen LogP contribution in [0.25, 0.3) is 0 Å². The number of guanidine groups is 1. The van der Waals surface area contributed by atoms with Crippen molar-refractivity contribution in [2.75, 3.05) is 43.4 Å². The van der Waals surface area contributed by atoms with Gasteiger partial charge in [0.1, 0.15) is 0 Å². The van der Waals surface area contributed by atoms with Gasteiger partial charge in [-0.3, -0.25) is 4.99 Å². The zero-order valence-corrected chi connectivity index (χ0v) is 20.7. The molecule has 0 spiro atoms. The van der Waals surface area contributed by atoms with E-state index < -0.39 is 10.0 Å². The second-order valence-corrected chi connectivity index (χ2v) is 9.97. The molecular formula is C19H33IN4O2S2. The number of hydrogen-bond donors (Lipinski definition) is 2. The Hall–Kier alpha value is -0.520. The van der Waals surface area contributed by atoms with E-state index in [1.165, 1.54) is 5.56 Å². The summed E-state index contributed by atoms with van der Waals surface area (Å²) in [4.78, 5) is 4.47.